The molecule has 1 aromatic rings. The van der Waals surface area contributed by atoms with Gasteiger partial charge in [0, 0.05) is 4.47 Å². The molecule has 0 bridgehead atoms. The Balaban J connectivity index is 1.87. The van der Waals surface area contributed by atoms with Crippen LogP contribution in [0, 0.1) is 18.8 Å². The van der Waals surface area contributed by atoms with Crippen molar-refractivity contribution in [3.8, 4) is 0 Å². The molecule has 0 aliphatic heterocycles. The Morgan fingerprint density at radius 1 is 1.56 bits per heavy atom. The zero-order valence-corrected chi connectivity index (χ0v) is 10.8. The van der Waals surface area contributed by atoms with E-state index in [1.807, 2.05) is 0 Å². The van der Waals surface area contributed by atoms with Crippen LogP contribution in [0.4, 0.5) is 0 Å². The molecule has 1 saturated carbocycles. The minimum atomic E-state index is -0.630. The van der Waals surface area contributed by atoms with Crippen molar-refractivity contribution in [3.63, 3.8) is 0 Å². The molecule has 1 N–H and O–H groups in total. The quantitative estimate of drug-likeness (QED) is 0.919. The summed E-state index contributed by atoms with van der Waals surface area (Å²) in [6.45, 7) is 2.06. The molecule has 1 aromatic carbocycles. The third-order valence-corrected chi connectivity index (χ3v) is 4.13. The SMILES string of the molecule is Cc1ccc(CCC2CC2C(=O)O)cc1Br. The molecule has 0 heterocycles. The van der Waals surface area contributed by atoms with Crippen molar-refractivity contribution in [3.05, 3.63) is 33.8 Å². The second-order valence-corrected chi connectivity index (χ2v) is 5.42. The van der Waals surface area contributed by atoms with E-state index in [1.165, 1.54) is 11.1 Å². The lowest BCUT2D eigenvalue weighted by atomic mass is 10.1. The van der Waals surface area contributed by atoms with Crippen molar-refractivity contribution in [1.29, 1.82) is 0 Å². The summed E-state index contributed by atoms with van der Waals surface area (Å²) in [6, 6.07) is 6.35. The van der Waals surface area contributed by atoms with Gasteiger partial charge in [0.1, 0.15) is 0 Å². The molecule has 0 amide bonds. The number of aryl methyl sites for hydroxylation is 2. The van der Waals surface area contributed by atoms with E-state index < -0.39 is 5.97 Å². The van der Waals surface area contributed by atoms with Crippen molar-refractivity contribution < 1.29 is 9.90 Å². The van der Waals surface area contributed by atoms with Gasteiger partial charge in [0.15, 0.2) is 0 Å². The predicted molar refractivity (Wildman–Crippen MR) is 66.4 cm³/mol. The van der Waals surface area contributed by atoms with Gasteiger partial charge in [-0.05, 0) is 49.3 Å². The number of carboxylic acid groups (broad SMARTS) is 1. The maximum Gasteiger partial charge on any atom is 0.306 e. The first-order valence-corrected chi connectivity index (χ1v) is 6.35. The van der Waals surface area contributed by atoms with Crippen molar-refractivity contribution in [2.45, 2.75) is 26.2 Å². The van der Waals surface area contributed by atoms with E-state index in [0.717, 1.165) is 23.7 Å². The number of hydrogen-bond donors (Lipinski definition) is 1. The minimum Gasteiger partial charge on any atom is -0.481 e. The summed E-state index contributed by atoms with van der Waals surface area (Å²) in [5.74, 6) is -0.304. The van der Waals surface area contributed by atoms with Gasteiger partial charge in [-0.15, -0.1) is 0 Å². The largest absolute Gasteiger partial charge is 0.481 e. The average molecular weight is 283 g/mol. The second-order valence-electron chi connectivity index (χ2n) is 4.56. The van der Waals surface area contributed by atoms with Gasteiger partial charge in [-0.2, -0.15) is 0 Å². The summed E-state index contributed by atoms with van der Waals surface area (Å²) >= 11 is 3.51. The Hall–Kier alpha value is -0.830. The van der Waals surface area contributed by atoms with E-state index in [9.17, 15) is 4.79 Å². The summed E-state index contributed by atoms with van der Waals surface area (Å²) in [7, 11) is 0. The van der Waals surface area contributed by atoms with Gasteiger partial charge in [-0.3, -0.25) is 4.79 Å². The maximum absolute atomic E-state index is 10.7. The molecule has 1 aliphatic carbocycles. The van der Waals surface area contributed by atoms with E-state index in [-0.39, 0.29) is 5.92 Å². The number of aliphatic carboxylic acids is 1. The lowest BCUT2D eigenvalue weighted by molar-refractivity contribution is -0.138. The predicted octanol–water partition coefficient (Wildman–Crippen LogP) is 3.41. The van der Waals surface area contributed by atoms with Gasteiger partial charge in [0.25, 0.3) is 0 Å². The highest BCUT2D eigenvalue weighted by Crippen LogP contribution is 2.42. The van der Waals surface area contributed by atoms with Crippen molar-refractivity contribution >= 4 is 21.9 Å². The van der Waals surface area contributed by atoms with E-state index >= 15 is 0 Å². The first-order chi connectivity index (χ1) is 7.58. The third kappa shape index (κ3) is 2.64. The molecule has 86 valence electrons. The van der Waals surface area contributed by atoms with Gasteiger partial charge in [0.05, 0.1) is 5.92 Å². The molecule has 3 heteroatoms. The Morgan fingerprint density at radius 3 is 2.88 bits per heavy atom. The number of carboxylic acids is 1. The van der Waals surface area contributed by atoms with Crippen LogP contribution in [0.25, 0.3) is 0 Å². The van der Waals surface area contributed by atoms with Gasteiger partial charge in [-0.25, -0.2) is 0 Å². The molecule has 0 saturated heterocycles. The third-order valence-electron chi connectivity index (χ3n) is 3.28. The molecule has 2 rings (SSSR count). The van der Waals surface area contributed by atoms with E-state index in [0.29, 0.717) is 5.92 Å². The monoisotopic (exact) mass is 282 g/mol. The molecule has 2 atom stereocenters. The number of hydrogen-bond acceptors (Lipinski definition) is 1. The highest BCUT2D eigenvalue weighted by Gasteiger charge is 2.42. The number of carbonyl (C=O) groups is 1. The highest BCUT2D eigenvalue weighted by atomic mass is 79.9. The molecular weight excluding hydrogens is 268 g/mol. The van der Waals surface area contributed by atoms with Gasteiger partial charge >= 0.3 is 5.97 Å². The Morgan fingerprint density at radius 2 is 2.31 bits per heavy atom. The fourth-order valence-electron chi connectivity index (χ4n) is 2.01. The van der Waals surface area contributed by atoms with Crippen LogP contribution in [0.2, 0.25) is 0 Å². The molecule has 0 radical (unpaired) electrons. The zero-order chi connectivity index (χ0) is 11.7. The molecule has 16 heavy (non-hydrogen) atoms. The van der Waals surface area contributed by atoms with Gasteiger partial charge < -0.3 is 5.11 Å². The summed E-state index contributed by atoms with van der Waals surface area (Å²) in [6.07, 6.45) is 2.84. The second kappa shape index (κ2) is 4.58. The Bertz CT molecular complexity index is 414. The van der Waals surface area contributed by atoms with Crippen LogP contribution >= 0.6 is 15.9 Å². The van der Waals surface area contributed by atoms with Crippen LogP contribution < -0.4 is 0 Å². The summed E-state index contributed by atoms with van der Waals surface area (Å²) in [4.78, 5) is 10.7. The van der Waals surface area contributed by atoms with Gasteiger partial charge in [0.2, 0.25) is 0 Å². The molecule has 2 unspecified atom stereocenters. The topological polar surface area (TPSA) is 37.3 Å². The minimum absolute atomic E-state index is 0.0751. The molecule has 1 aliphatic rings. The van der Waals surface area contributed by atoms with Crippen molar-refractivity contribution in [2.24, 2.45) is 11.8 Å². The van der Waals surface area contributed by atoms with Crippen LogP contribution in [-0.2, 0) is 11.2 Å². The van der Waals surface area contributed by atoms with Crippen LogP contribution in [0.5, 0.6) is 0 Å². The maximum atomic E-state index is 10.7. The highest BCUT2D eigenvalue weighted by molar-refractivity contribution is 9.10. The lowest BCUT2D eigenvalue weighted by Crippen LogP contribution is -2.00. The summed E-state index contributed by atoms with van der Waals surface area (Å²) in [5.41, 5.74) is 2.52. The molecule has 1 fully saturated rings. The number of benzene rings is 1. The molecule has 2 nitrogen and oxygen atoms in total. The van der Waals surface area contributed by atoms with Gasteiger partial charge in [-0.1, -0.05) is 28.1 Å². The average Bonchev–Trinajstić information content (AvgIpc) is 2.99. The van der Waals surface area contributed by atoms with Crippen LogP contribution in [-0.4, -0.2) is 11.1 Å². The standard InChI is InChI=1S/C13H15BrO2/c1-8-2-3-9(6-12(8)14)4-5-10-7-11(10)13(15)16/h2-3,6,10-11H,4-5,7H2,1H3,(H,15,16). The lowest BCUT2D eigenvalue weighted by Gasteiger charge is -2.03. The Kier molecular flexibility index (Phi) is 3.33. The molecule has 0 aromatic heterocycles. The summed E-state index contributed by atoms with van der Waals surface area (Å²) in [5, 5.41) is 8.79. The fourth-order valence-corrected chi connectivity index (χ4v) is 2.44. The smallest absolute Gasteiger partial charge is 0.306 e. The Labute approximate surface area is 104 Å². The molecule has 0 spiro atoms. The van der Waals surface area contributed by atoms with Crippen molar-refractivity contribution in [1.82, 2.24) is 0 Å². The van der Waals surface area contributed by atoms with Crippen LogP contribution in [0.3, 0.4) is 0 Å². The number of rotatable bonds is 4. The van der Waals surface area contributed by atoms with E-state index in [1.54, 1.807) is 0 Å². The first-order valence-electron chi connectivity index (χ1n) is 5.56. The van der Waals surface area contributed by atoms with E-state index in [2.05, 4.69) is 41.1 Å². The van der Waals surface area contributed by atoms with Crippen molar-refractivity contribution in [2.75, 3.05) is 0 Å². The fraction of sp³-hybridized carbons (Fsp3) is 0.462. The zero-order valence-electron chi connectivity index (χ0n) is 9.24. The van der Waals surface area contributed by atoms with E-state index in [4.69, 9.17) is 5.11 Å². The number of halogens is 1. The molecular formula is C13H15BrO2. The van der Waals surface area contributed by atoms with Crippen LogP contribution in [0.15, 0.2) is 22.7 Å². The van der Waals surface area contributed by atoms with Crippen LogP contribution in [0.1, 0.15) is 24.0 Å². The normalized spacial score (nSPS) is 23.1. The summed E-state index contributed by atoms with van der Waals surface area (Å²) < 4.78 is 1.13. The first kappa shape index (κ1) is 11.6.